The lowest BCUT2D eigenvalue weighted by Gasteiger charge is -2.42. The number of nitrogens with one attached hydrogen (secondary N) is 1. The third-order valence-corrected chi connectivity index (χ3v) is 12.8. The average Bonchev–Trinajstić information content (AvgIpc) is 3.68. The molecule has 3 saturated heterocycles. The first-order valence-corrected chi connectivity index (χ1v) is 19.2. The molecule has 0 spiro atoms. The molecular weight excluding hydrogens is 642 g/mol. The second kappa shape index (κ2) is 16.5. The van der Waals surface area contributed by atoms with Gasteiger partial charge in [0.2, 0.25) is 0 Å². The molecule has 282 valence electrons. The summed E-state index contributed by atoms with van der Waals surface area (Å²) in [4.78, 5) is 28.0. The van der Waals surface area contributed by atoms with Crippen molar-refractivity contribution >= 4 is 11.8 Å². The summed E-state index contributed by atoms with van der Waals surface area (Å²) in [5.74, 6) is -0.184. The second-order valence-electron chi connectivity index (χ2n) is 15.7. The quantitative estimate of drug-likeness (QED) is 0.274. The summed E-state index contributed by atoms with van der Waals surface area (Å²) < 4.78 is 42.7. The van der Waals surface area contributed by atoms with Gasteiger partial charge >= 0.3 is 5.97 Å². The predicted octanol–water partition coefficient (Wildman–Crippen LogP) is 4.49. The Labute approximate surface area is 298 Å². The smallest absolute Gasteiger partial charge is 0.306 e. The van der Waals surface area contributed by atoms with Crippen LogP contribution >= 0.6 is 0 Å². The maximum atomic E-state index is 14.6. The van der Waals surface area contributed by atoms with Crippen LogP contribution in [0, 0.1) is 35.5 Å². The fourth-order valence-electron chi connectivity index (χ4n) is 9.89. The van der Waals surface area contributed by atoms with Crippen LogP contribution < -0.4 is 5.32 Å². The van der Waals surface area contributed by atoms with Gasteiger partial charge < -0.3 is 43.6 Å². The molecule has 6 aliphatic rings. The predicted molar refractivity (Wildman–Crippen MR) is 185 cm³/mol. The van der Waals surface area contributed by atoms with Crippen molar-refractivity contribution in [3.63, 3.8) is 0 Å². The number of ether oxygens (including phenoxy) is 7. The lowest BCUT2D eigenvalue weighted by Crippen LogP contribution is -2.59. The molecule has 3 aliphatic heterocycles. The van der Waals surface area contributed by atoms with E-state index in [0.717, 1.165) is 50.5 Å². The van der Waals surface area contributed by atoms with Crippen LogP contribution in [-0.4, -0.2) is 106 Å². The number of likely N-dealkylation sites (N-methyl/N-ethyl adjacent to an activating group) is 1. The van der Waals surface area contributed by atoms with E-state index >= 15 is 0 Å². The van der Waals surface area contributed by atoms with E-state index in [0.29, 0.717) is 6.42 Å². The molecule has 11 heteroatoms. The fraction of sp³-hybridized carbons (Fsp3) is 0.846. The minimum absolute atomic E-state index is 0.0175. The largest absolute Gasteiger partial charge is 0.462 e. The summed E-state index contributed by atoms with van der Waals surface area (Å²) in [5, 5.41) is 14.4. The van der Waals surface area contributed by atoms with E-state index in [-0.39, 0.29) is 96.5 Å². The number of carbonyl (C=O) groups is 2. The van der Waals surface area contributed by atoms with Crippen LogP contribution in [0.2, 0.25) is 0 Å². The molecule has 0 radical (unpaired) electrons. The molecule has 0 aromatic carbocycles. The topological polar surface area (TPSA) is 131 Å². The first-order valence-electron chi connectivity index (χ1n) is 19.2. The van der Waals surface area contributed by atoms with Gasteiger partial charge in [0.05, 0.1) is 30.8 Å². The minimum atomic E-state index is -0.990. The van der Waals surface area contributed by atoms with E-state index in [2.05, 4.69) is 37.4 Å². The minimum Gasteiger partial charge on any atom is -0.462 e. The molecule has 0 unspecified atom stereocenters. The Morgan fingerprint density at radius 1 is 0.920 bits per heavy atom. The summed E-state index contributed by atoms with van der Waals surface area (Å²) in [6, 6.07) is 0.282. The number of cyclic esters (lactones) is 1. The zero-order valence-electron chi connectivity index (χ0n) is 31.0. The molecule has 50 heavy (non-hydrogen) atoms. The van der Waals surface area contributed by atoms with Gasteiger partial charge in [-0.1, -0.05) is 32.1 Å². The van der Waals surface area contributed by atoms with Gasteiger partial charge in [-0.3, -0.25) is 9.59 Å². The molecule has 1 saturated carbocycles. The van der Waals surface area contributed by atoms with Crippen LogP contribution in [-0.2, 0) is 42.7 Å². The van der Waals surface area contributed by atoms with Crippen LogP contribution in [0.4, 0.5) is 0 Å². The summed E-state index contributed by atoms with van der Waals surface area (Å²) >= 11 is 0. The highest BCUT2D eigenvalue weighted by Crippen LogP contribution is 2.54. The number of allylic oxidation sites excluding steroid dienone is 4. The number of Topliss-reactive ketones (excluding diaryl/α,β-unsaturated/α-hetero) is 1. The summed E-state index contributed by atoms with van der Waals surface area (Å²) in [6.45, 7) is 8.02. The SMILES string of the molecule is CC[C@H]1CCC[C@H](O[C@H]2CC[C@H](NC)[C@@H](C)O2)[C@@H](C)C(=O)C2=C[C@@H]3[C@@H](C=C[C@@H]4C[C@@H](O[C@@H]5O[C@@H](C)[C@H](OC)[C@@H](OC)[C@H]5O)C[C@@H]34)[C@@H]2CC(=O)O1. The van der Waals surface area contributed by atoms with Gasteiger partial charge in [0.15, 0.2) is 18.4 Å². The first kappa shape index (κ1) is 38.0. The number of rotatable bonds is 8. The van der Waals surface area contributed by atoms with Crippen LogP contribution in [0.5, 0.6) is 0 Å². The maximum Gasteiger partial charge on any atom is 0.306 e. The van der Waals surface area contributed by atoms with E-state index in [4.69, 9.17) is 33.2 Å². The Morgan fingerprint density at radius 2 is 1.70 bits per heavy atom. The highest BCUT2D eigenvalue weighted by Gasteiger charge is 2.52. The molecule has 11 nitrogen and oxygen atoms in total. The maximum absolute atomic E-state index is 14.6. The van der Waals surface area contributed by atoms with Crippen molar-refractivity contribution in [2.24, 2.45) is 35.5 Å². The van der Waals surface area contributed by atoms with Crippen LogP contribution in [0.15, 0.2) is 23.8 Å². The average molecular weight is 704 g/mol. The number of ketones is 1. The Kier molecular flexibility index (Phi) is 12.6. The standard InChI is InChI=1S/C39H61NO10/c1-8-24-10-9-11-32(50-34-15-14-31(40-5)21(3)46-34)20(2)35(42)30-18-28-26(29(30)19-33(41)48-24)13-12-23-16-25(17-27(23)28)49-39-36(43)38(45-7)37(44-6)22(4)47-39/h12-13,18,20-29,31-32,34,36-40,43H,8-11,14-17,19H2,1-7H3/t20-,21-,22+,23-,24+,25-,26-,27-,28-,29+,31+,32+,34+,36-,37+,38+,39+/m1/s1. The second-order valence-corrected chi connectivity index (χ2v) is 15.7. The molecule has 3 aliphatic carbocycles. The van der Waals surface area contributed by atoms with Gasteiger partial charge in [0, 0.05) is 32.1 Å². The van der Waals surface area contributed by atoms with Crippen molar-refractivity contribution in [1.82, 2.24) is 5.32 Å². The van der Waals surface area contributed by atoms with E-state index in [1.54, 1.807) is 14.2 Å². The number of hydrogen-bond donors (Lipinski definition) is 2. The molecule has 0 bridgehead atoms. The van der Waals surface area contributed by atoms with E-state index in [9.17, 15) is 14.7 Å². The van der Waals surface area contributed by atoms with E-state index in [1.165, 1.54) is 0 Å². The molecule has 17 atom stereocenters. The van der Waals surface area contributed by atoms with Gasteiger partial charge in [-0.15, -0.1) is 0 Å². The van der Waals surface area contributed by atoms with Crippen molar-refractivity contribution < 1.29 is 47.9 Å². The van der Waals surface area contributed by atoms with Crippen molar-refractivity contribution in [1.29, 1.82) is 0 Å². The van der Waals surface area contributed by atoms with Gasteiger partial charge in [-0.25, -0.2) is 0 Å². The van der Waals surface area contributed by atoms with Crippen molar-refractivity contribution in [3.8, 4) is 0 Å². The van der Waals surface area contributed by atoms with Crippen LogP contribution in [0.3, 0.4) is 0 Å². The van der Waals surface area contributed by atoms with Crippen LogP contribution in [0.1, 0.15) is 85.5 Å². The Morgan fingerprint density at radius 3 is 2.40 bits per heavy atom. The zero-order valence-corrected chi connectivity index (χ0v) is 31.0. The van der Waals surface area contributed by atoms with Gasteiger partial charge in [-0.05, 0) is 102 Å². The third kappa shape index (κ3) is 7.81. The number of aliphatic hydroxyl groups excluding tert-OH is 1. The number of hydrogen-bond acceptors (Lipinski definition) is 11. The first-order chi connectivity index (χ1) is 24.1. The molecule has 0 aromatic heterocycles. The zero-order chi connectivity index (χ0) is 35.7. The Hall–Kier alpha value is -1.70. The lowest BCUT2D eigenvalue weighted by molar-refractivity contribution is -0.310. The van der Waals surface area contributed by atoms with Gasteiger partial charge in [0.1, 0.15) is 24.4 Å². The number of fused-ring (bicyclic) bond motifs is 5. The van der Waals surface area contributed by atoms with Crippen molar-refractivity contribution in [2.45, 2.75) is 153 Å². The molecule has 4 fully saturated rings. The Balaban J connectivity index is 1.20. The number of esters is 1. The number of aliphatic hydroxyl groups is 1. The molecule has 0 amide bonds. The monoisotopic (exact) mass is 703 g/mol. The fourth-order valence-corrected chi connectivity index (χ4v) is 9.89. The normalized spacial score (nSPS) is 47.0. The molecule has 2 N–H and O–H groups in total. The summed E-state index contributed by atoms with van der Waals surface area (Å²) in [5.41, 5.74) is 0.739. The molecule has 6 rings (SSSR count). The van der Waals surface area contributed by atoms with Gasteiger partial charge in [-0.2, -0.15) is 0 Å². The number of methoxy groups -OCH3 is 2. The van der Waals surface area contributed by atoms with Crippen LogP contribution in [0.25, 0.3) is 0 Å². The molecule has 0 aromatic rings. The highest BCUT2D eigenvalue weighted by molar-refractivity contribution is 5.99. The Bertz CT molecular complexity index is 1240. The third-order valence-electron chi connectivity index (χ3n) is 12.8. The number of carbonyl (C=O) groups excluding carboxylic acids is 2. The van der Waals surface area contributed by atoms with E-state index in [1.807, 2.05) is 20.9 Å². The van der Waals surface area contributed by atoms with Crippen molar-refractivity contribution in [2.75, 3.05) is 21.3 Å². The summed E-state index contributed by atoms with van der Waals surface area (Å²) in [6.07, 6.45) is 9.11. The summed E-state index contributed by atoms with van der Waals surface area (Å²) in [7, 11) is 5.11. The van der Waals surface area contributed by atoms with E-state index < -0.39 is 24.6 Å². The lowest BCUT2D eigenvalue weighted by atomic mass is 9.70. The highest BCUT2D eigenvalue weighted by atomic mass is 16.7. The molecular formula is C39H61NO10. The van der Waals surface area contributed by atoms with Crippen molar-refractivity contribution in [3.05, 3.63) is 23.8 Å². The molecule has 3 heterocycles. The van der Waals surface area contributed by atoms with Gasteiger partial charge in [0.25, 0.3) is 0 Å².